The maximum absolute atomic E-state index is 13.4. The van der Waals surface area contributed by atoms with Crippen LogP contribution < -0.4 is 4.90 Å². The van der Waals surface area contributed by atoms with Gasteiger partial charge in [-0.05, 0) is 47.5 Å². The first kappa shape index (κ1) is 20.1. The largest absolute Gasteiger partial charge is 0.376 e. The Labute approximate surface area is 195 Å². The molecule has 0 spiro atoms. The molecule has 0 fully saturated rings. The van der Waals surface area contributed by atoms with Crippen molar-refractivity contribution in [3.63, 3.8) is 0 Å². The molecule has 6 nitrogen and oxygen atoms in total. The van der Waals surface area contributed by atoms with Crippen LogP contribution in [0.5, 0.6) is 0 Å². The highest BCUT2D eigenvalue weighted by Crippen LogP contribution is 2.35. The Morgan fingerprint density at radius 1 is 0.824 bits per heavy atom. The number of hydrogen-bond acceptors (Lipinski definition) is 4. The molecule has 0 saturated carbocycles. The zero-order chi connectivity index (χ0) is 23.2. The molecule has 0 aliphatic rings. The van der Waals surface area contributed by atoms with E-state index in [1.54, 1.807) is 12.1 Å². The normalized spacial score (nSPS) is 11.4. The lowest BCUT2D eigenvalue weighted by atomic mass is 10.0. The molecule has 166 valence electrons. The summed E-state index contributed by atoms with van der Waals surface area (Å²) in [6.45, 7) is 0. The van der Waals surface area contributed by atoms with Crippen LogP contribution in [0.2, 0.25) is 0 Å². The molecule has 0 amide bonds. The maximum atomic E-state index is 13.4. The fraction of sp³-hybridized carbons (Fsp3) is 0.0741. The lowest BCUT2D eigenvalue weighted by molar-refractivity contribution is 0.628. The number of hydrogen-bond donors (Lipinski definition) is 2. The number of aromatic nitrogens is 5. The predicted molar refractivity (Wildman–Crippen MR) is 134 cm³/mol. The maximum Gasteiger partial charge on any atom is 0.181 e. The van der Waals surface area contributed by atoms with Crippen molar-refractivity contribution in [3.8, 4) is 33.6 Å². The third-order valence-corrected chi connectivity index (χ3v) is 6.07. The van der Waals surface area contributed by atoms with Crippen LogP contribution in [-0.2, 0) is 0 Å². The Kier molecular flexibility index (Phi) is 4.62. The van der Waals surface area contributed by atoms with Gasteiger partial charge in [-0.3, -0.25) is 10.1 Å². The fourth-order valence-corrected chi connectivity index (χ4v) is 4.26. The lowest BCUT2D eigenvalue weighted by Gasteiger charge is -2.12. The average Bonchev–Trinajstić information content (AvgIpc) is 3.48. The Morgan fingerprint density at radius 3 is 2.47 bits per heavy atom. The number of aromatic amines is 2. The molecular formula is C27H21FN6. The highest BCUT2D eigenvalue weighted by Gasteiger charge is 2.15. The van der Waals surface area contributed by atoms with Crippen molar-refractivity contribution < 1.29 is 4.39 Å². The first-order valence-electron chi connectivity index (χ1n) is 10.9. The molecule has 0 radical (unpaired) electrons. The number of nitrogens with one attached hydrogen (secondary N) is 2. The van der Waals surface area contributed by atoms with Gasteiger partial charge < -0.3 is 9.88 Å². The summed E-state index contributed by atoms with van der Waals surface area (Å²) in [6.07, 6.45) is 5.50. The molecule has 4 heterocycles. The van der Waals surface area contributed by atoms with Crippen LogP contribution in [0.15, 0.2) is 79.3 Å². The first-order chi connectivity index (χ1) is 16.6. The van der Waals surface area contributed by atoms with Crippen LogP contribution in [0.25, 0.3) is 55.6 Å². The summed E-state index contributed by atoms with van der Waals surface area (Å²) in [7, 11) is 3.99. The third kappa shape index (κ3) is 3.38. The highest BCUT2D eigenvalue weighted by molar-refractivity contribution is 6.01. The van der Waals surface area contributed by atoms with E-state index in [0.29, 0.717) is 5.65 Å². The molecule has 0 aliphatic heterocycles. The molecule has 2 aromatic carbocycles. The van der Waals surface area contributed by atoms with Gasteiger partial charge in [-0.15, -0.1) is 0 Å². The number of nitrogens with zero attached hydrogens (tertiary/aromatic N) is 4. The van der Waals surface area contributed by atoms with Crippen molar-refractivity contribution >= 4 is 27.6 Å². The van der Waals surface area contributed by atoms with E-state index in [9.17, 15) is 4.39 Å². The van der Waals surface area contributed by atoms with E-state index in [0.717, 1.165) is 55.6 Å². The van der Waals surface area contributed by atoms with Gasteiger partial charge in [-0.1, -0.05) is 24.3 Å². The van der Waals surface area contributed by atoms with Crippen LogP contribution in [-0.4, -0.2) is 39.2 Å². The van der Waals surface area contributed by atoms with Gasteiger partial charge in [0.2, 0.25) is 0 Å². The Bertz CT molecular complexity index is 1650. The zero-order valence-electron chi connectivity index (χ0n) is 18.7. The second-order valence-electron chi connectivity index (χ2n) is 8.48. The van der Waals surface area contributed by atoms with Gasteiger partial charge in [-0.25, -0.2) is 9.37 Å². The van der Waals surface area contributed by atoms with E-state index in [2.05, 4.69) is 43.3 Å². The third-order valence-electron chi connectivity index (χ3n) is 6.07. The van der Waals surface area contributed by atoms with Gasteiger partial charge in [0.25, 0.3) is 0 Å². The number of pyridine rings is 2. The SMILES string of the molecule is CN(C)c1cncc(-c2cnc3n[nH]c(-c4cc5c(-c6ccc(F)cc6)cccc5[nH]4)c3c2)c1. The van der Waals surface area contributed by atoms with E-state index in [-0.39, 0.29) is 5.82 Å². The highest BCUT2D eigenvalue weighted by atomic mass is 19.1. The Morgan fingerprint density at radius 2 is 1.65 bits per heavy atom. The average molecular weight is 449 g/mol. The summed E-state index contributed by atoms with van der Waals surface area (Å²) in [5.74, 6) is -0.246. The molecule has 0 aliphatic carbocycles. The second kappa shape index (κ2) is 7.81. The van der Waals surface area contributed by atoms with Gasteiger partial charge in [0.15, 0.2) is 5.65 Å². The molecular weight excluding hydrogens is 427 g/mol. The minimum Gasteiger partial charge on any atom is -0.376 e. The second-order valence-corrected chi connectivity index (χ2v) is 8.48. The fourth-order valence-electron chi connectivity index (χ4n) is 4.26. The van der Waals surface area contributed by atoms with E-state index >= 15 is 0 Å². The van der Waals surface area contributed by atoms with E-state index < -0.39 is 0 Å². The minimum absolute atomic E-state index is 0.246. The molecule has 0 unspecified atom stereocenters. The van der Waals surface area contributed by atoms with E-state index in [1.807, 2.05) is 55.8 Å². The summed E-state index contributed by atoms with van der Waals surface area (Å²) in [6, 6.07) is 18.9. The van der Waals surface area contributed by atoms with Crippen LogP contribution in [0.3, 0.4) is 0 Å². The molecule has 2 N–H and O–H groups in total. The van der Waals surface area contributed by atoms with Crippen LogP contribution in [0.1, 0.15) is 0 Å². The molecule has 4 aromatic heterocycles. The predicted octanol–water partition coefficient (Wildman–Crippen LogP) is 6.04. The van der Waals surface area contributed by atoms with Gasteiger partial charge in [-0.2, -0.15) is 5.10 Å². The number of benzene rings is 2. The summed E-state index contributed by atoms with van der Waals surface area (Å²) in [5, 5.41) is 9.54. The first-order valence-corrected chi connectivity index (χ1v) is 10.9. The van der Waals surface area contributed by atoms with E-state index in [4.69, 9.17) is 0 Å². The van der Waals surface area contributed by atoms with Crippen molar-refractivity contribution in [2.75, 3.05) is 19.0 Å². The molecule has 7 heteroatoms. The number of H-pyrrole nitrogens is 2. The molecule has 6 rings (SSSR count). The summed E-state index contributed by atoms with van der Waals surface area (Å²) in [5.41, 5.74) is 8.39. The monoisotopic (exact) mass is 448 g/mol. The number of anilines is 1. The van der Waals surface area contributed by atoms with Crippen LogP contribution in [0, 0.1) is 5.82 Å². The number of fused-ring (bicyclic) bond motifs is 2. The van der Waals surface area contributed by atoms with Crippen molar-refractivity contribution in [2.45, 2.75) is 0 Å². The Balaban J connectivity index is 1.47. The van der Waals surface area contributed by atoms with Crippen molar-refractivity contribution in [1.82, 2.24) is 25.1 Å². The molecule has 0 bridgehead atoms. The smallest absolute Gasteiger partial charge is 0.181 e. The molecule has 0 atom stereocenters. The summed E-state index contributed by atoms with van der Waals surface area (Å²) in [4.78, 5) is 14.5. The van der Waals surface area contributed by atoms with Gasteiger partial charge in [0, 0.05) is 53.9 Å². The van der Waals surface area contributed by atoms with Crippen LogP contribution >= 0.6 is 0 Å². The van der Waals surface area contributed by atoms with Gasteiger partial charge >= 0.3 is 0 Å². The summed E-state index contributed by atoms with van der Waals surface area (Å²) < 4.78 is 13.4. The molecule has 34 heavy (non-hydrogen) atoms. The lowest BCUT2D eigenvalue weighted by Crippen LogP contribution is -2.08. The van der Waals surface area contributed by atoms with Crippen molar-refractivity contribution in [1.29, 1.82) is 0 Å². The van der Waals surface area contributed by atoms with Gasteiger partial charge in [0.1, 0.15) is 5.82 Å². The minimum atomic E-state index is -0.246. The summed E-state index contributed by atoms with van der Waals surface area (Å²) >= 11 is 0. The molecule has 6 aromatic rings. The topological polar surface area (TPSA) is 73.5 Å². The van der Waals surface area contributed by atoms with Crippen molar-refractivity contribution in [3.05, 3.63) is 85.1 Å². The van der Waals surface area contributed by atoms with Gasteiger partial charge in [0.05, 0.1) is 23.3 Å². The quantitative estimate of drug-likeness (QED) is 0.345. The molecule has 0 saturated heterocycles. The van der Waals surface area contributed by atoms with E-state index in [1.165, 1.54) is 12.1 Å². The number of halogens is 1. The number of rotatable bonds is 4. The Hall–Kier alpha value is -4.52. The van der Waals surface area contributed by atoms with Crippen molar-refractivity contribution in [2.24, 2.45) is 0 Å². The standard InChI is InChI=1S/C27H21FN6/c1-34(2)20-10-17(13-29-15-20)18-11-23-26(32-33-27(23)30-14-18)25-12-22-21(4-3-5-24(22)31-25)16-6-8-19(28)9-7-16/h3-15,31H,1-2H3,(H,30,32,33). The zero-order valence-corrected chi connectivity index (χ0v) is 18.7. The van der Waals surface area contributed by atoms with Crippen LogP contribution in [0.4, 0.5) is 10.1 Å².